The van der Waals surface area contributed by atoms with Crippen LogP contribution in [-0.2, 0) is 55.0 Å². The third-order valence-corrected chi connectivity index (χ3v) is 25.1. The summed E-state index contributed by atoms with van der Waals surface area (Å²) in [5.74, 6) is 4.91. The molecule has 12 heterocycles. The largest absolute Gasteiger partial charge is 0.497 e. The van der Waals surface area contributed by atoms with E-state index in [0.29, 0.717) is 13.2 Å². The highest BCUT2D eigenvalue weighted by atomic mass is 16.7. The highest BCUT2D eigenvalue weighted by Gasteiger charge is 2.40. The average Bonchev–Trinajstić information content (AvgIpc) is 1.49. The minimum absolute atomic E-state index is 0.195. The van der Waals surface area contributed by atoms with Crippen molar-refractivity contribution in [1.29, 1.82) is 0 Å². The van der Waals surface area contributed by atoms with E-state index in [2.05, 4.69) is 195 Å². The SMILES string of the molecule is CCCCN(c1cc(CN(C)C)cc(OC)c1)c1ccc2ncc(-c3cnn(C)c3)nc2c1.CCn1cc(-c2cnc3ccc(N(CC4CO4)c4cc(OC)cc(OC)c4)cc3n2)cn1.COc1cc(OC)cc(N(CCN2CCC3(CC2)OCCO3)c2ccc3ncc(-c4cnn(C)c4)nc3c2)c1.COc1cc(OC)cc(N(CCn2c(C)ccc2C)c2ccc3ncc(-c4cnn(C)c4)nc3c2)c1. The predicted octanol–water partition coefficient (Wildman–Crippen LogP) is 18.4. The quantitative estimate of drug-likeness (QED) is 0.0345. The lowest BCUT2D eigenvalue weighted by molar-refractivity contribution is -0.184. The van der Waals surface area contributed by atoms with Gasteiger partial charge in [0.15, 0.2) is 5.79 Å². The molecule has 0 aliphatic carbocycles. The van der Waals surface area contributed by atoms with Gasteiger partial charge in [-0.2, -0.15) is 20.4 Å². The number of rotatable bonds is 33. The van der Waals surface area contributed by atoms with Gasteiger partial charge in [-0.25, -0.2) is 19.9 Å². The van der Waals surface area contributed by atoms with Gasteiger partial charge in [-0.1, -0.05) is 13.3 Å². The smallest absolute Gasteiger partial charge is 0.170 e. The Kier molecular flexibility index (Phi) is 30.4. The van der Waals surface area contributed by atoms with Gasteiger partial charge in [0.05, 0.1) is 199 Å². The van der Waals surface area contributed by atoms with Crippen molar-refractivity contribution in [1.82, 2.24) is 93.4 Å². The molecule has 8 aromatic carbocycles. The summed E-state index contributed by atoms with van der Waals surface area (Å²) >= 11 is 0. The number of nitrogens with zero attached hydrogens (tertiary/aromatic N) is 23. The average molecular weight is 1890 g/mol. The molecule has 0 bridgehead atoms. The summed E-state index contributed by atoms with van der Waals surface area (Å²) in [7, 11) is 21.6. The van der Waals surface area contributed by atoms with Crippen molar-refractivity contribution in [2.75, 3.05) is 149 Å². The topological polar surface area (TPSA) is 294 Å². The first-order valence-electron chi connectivity index (χ1n) is 47.1. The molecule has 20 rings (SSSR count). The summed E-state index contributed by atoms with van der Waals surface area (Å²) in [4.78, 5) is 51.9. The Bertz CT molecular complexity index is 7030. The van der Waals surface area contributed by atoms with Crippen molar-refractivity contribution in [2.24, 2.45) is 21.1 Å². The van der Waals surface area contributed by atoms with Crippen LogP contribution in [0.2, 0.25) is 0 Å². The maximum Gasteiger partial charge on any atom is 0.170 e. The molecule has 0 N–H and O–H groups in total. The van der Waals surface area contributed by atoms with Crippen molar-refractivity contribution >= 4 is 89.6 Å². The van der Waals surface area contributed by atoms with Crippen LogP contribution in [0.15, 0.2) is 232 Å². The molecule has 0 radical (unpaired) electrons. The molecule has 33 heteroatoms. The van der Waals surface area contributed by atoms with Gasteiger partial charge in [-0.05, 0) is 144 Å². The van der Waals surface area contributed by atoms with Crippen molar-refractivity contribution in [3.63, 3.8) is 0 Å². The molecule has 3 fully saturated rings. The van der Waals surface area contributed by atoms with Gasteiger partial charge in [-0.15, -0.1) is 0 Å². The number of aromatic nitrogens is 17. The second-order valence-corrected chi connectivity index (χ2v) is 35.1. The number of anilines is 8. The molecule has 0 saturated carbocycles. The van der Waals surface area contributed by atoms with E-state index < -0.39 is 0 Å². The van der Waals surface area contributed by atoms with E-state index in [4.69, 9.17) is 67.3 Å². The van der Waals surface area contributed by atoms with E-state index in [0.717, 1.165) is 273 Å². The van der Waals surface area contributed by atoms with E-state index in [-0.39, 0.29) is 11.9 Å². The van der Waals surface area contributed by atoms with Crippen LogP contribution in [0.25, 0.3) is 89.2 Å². The molecule has 9 aromatic heterocycles. The number of hydrogen-bond acceptors (Lipinski definition) is 28. The summed E-state index contributed by atoms with van der Waals surface area (Å²) < 4.78 is 65.8. The number of ether oxygens (including phenoxy) is 10. The van der Waals surface area contributed by atoms with Gasteiger partial charge < -0.3 is 81.3 Å². The molecule has 1 atom stereocenters. The third-order valence-electron chi connectivity index (χ3n) is 25.1. The van der Waals surface area contributed by atoms with Gasteiger partial charge in [0, 0.05) is 257 Å². The van der Waals surface area contributed by atoms with Gasteiger partial charge >= 0.3 is 0 Å². The molecule has 17 aromatic rings. The molecule has 724 valence electrons. The van der Waals surface area contributed by atoms with E-state index in [1.54, 1.807) is 94.8 Å². The van der Waals surface area contributed by atoms with Crippen LogP contribution in [0, 0.1) is 13.8 Å². The predicted molar refractivity (Wildman–Crippen MR) is 548 cm³/mol. The van der Waals surface area contributed by atoms with E-state index in [1.807, 2.05) is 148 Å². The standard InChI is InChI=1S/C29H34N6O4.C28H30N6O2.C26H32N6O.C24H25N5O3/c1-33-20-21(18-31-33)28-19-30-26-5-4-22(16-27(26)32-28)35(23-14-24(36-2)17-25(15-23)37-3)11-10-34-8-6-29(7-9-34)38-12-13-39-29;1-19-6-7-20(2)33(19)10-11-34(23-12-24(35-4)15-25(13-23)36-5)22-8-9-26-27(14-22)31-28(17-29-26)21-16-30-32(3)18-21;1-6-7-10-32(22-11-19(17-30(2)3)12-23(13-22)33-5)21-8-9-24-25(14-21)29-26(16-27-24)20-15-28-31(4)18-20;1-4-28-13-16(11-26-28)24-12-25-22-6-5-17(9-23(22)27-24)29(14-21-15-32-21)18-7-19(30-2)10-20(8-18)31-3/h4-5,14-20H,6-13H2,1-3H3;6-9,12-18H,10-11H2,1-5H3;8-9,11-16,18H,6-7,10,17H2,1-5H3;5-13,21H,4,14-15H2,1-3H3. The van der Waals surface area contributed by atoms with Crippen molar-refractivity contribution in [3.05, 3.63) is 249 Å². The van der Waals surface area contributed by atoms with Crippen molar-refractivity contribution < 1.29 is 47.4 Å². The molecule has 3 saturated heterocycles. The Morgan fingerprint density at radius 3 is 1.08 bits per heavy atom. The molecule has 33 nitrogen and oxygen atoms in total. The highest BCUT2D eigenvalue weighted by molar-refractivity contribution is 5.87. The van der Waals surface area contributed by atoms with Crippen LogP contribution in [0.4, 0.5) is 45.5 Å². The summed E-state index contributed by atoms with van der Waals surface area (Å²) in [6.45, 7) is 19.1. The second kappa shape index (κ2) is 44.1. The Labute approximate surface area is 815 Å². The number of benzene rings is 8. The van der Waals surface area contributed by atoms with E-state index in [9.17, 15) is 0 Å². The molecule has 0 amide bonds. The number of unbranched alkanes of at least 4 members (excludes halogenated alkanes) is 1. The van der Waals surface area contributed by atoms with Crippen LogP contribution >= 0.6 is 0 Å². The number of likely N-dealkylation sites (tertiary alicyclic amines) is 1. The van der Waals surface area contributed by atoms with E-state index >= 15 is 0 Å². The minimum atomic E-state index is -0.376. The van der Waals surface area contributed by atoms with Crippen LogP contribution < -0.4 is 52.8 Å². The molecule has 1 unspecified atom stereocenters. The Morgan fingerprint density at radius 1 is 0.379 bits per heavy atom. The normalized spacial score (nSPS) is 13.7. The van der Waals surface area contributed by atoms with Gasteiger partial charge in [-0.3, -0.25) is 38.7 Å². The summed E-state index contributed by atoms with van der Waals surface area (Å²) in [5.41, 5.74) is 25.6. The third kappa shape index (κ3) is 23.3. The van der Waals surface area contributed by atoms with Gasteiger partial charge in [0.1, 0.15) is 40.2 Å². The molecule has 3 aliphatic rings. The first-order valence-corrected chi connectivity index (χ1v) is 47.1. The van der Waals surface area contributed by atoms with Gasteiger partial charge in [0.25, 0.3) is 0 Å². The fourth-order valence-electron chi connectivity index (χ4n) is 17.4. The lowest BCUT2D eigenvalue weighted by atomic mass is 10.0. The zero-order chi connectivity index (χ0) is 97.5. The van der Waals surface area contributed by atoms with Crippen LogP contribution in [0.3, 0.4) is 0 Å². The second-order valence-electron chi connectivity index (χ2n) is 35.1. The Morgan fingerprint density at radius 2 is 0.729 bits per heavy atom. The number of hydrogen-bond donors (Lipinski definition) is 0. The fourth-order valence-corrected chi connectivity index (χ4v) is 17.4. The molecule has 1 spiro atoms. The Hall–Kier alpha value is -15.2. The van der Waals surface area contributed by atoms with Crippen LogP contribution in [0.5, 0.6) is 40.2 Å². The molecule has 3 aliphatic heterocycles. The zero-order valence-corrected chi connectivity index (χ0v) is 82.4. The summed E-state index contributed by atoms with van der Waals surface area (Å²) in [5, 5.41) is 17.2. The lowest BCUT2D eigenvalue weighted by Crippen LogP contribution is -2.46. The number of methoxy groups -OCH3 is 7. The Balaban J connectivity index is 0.000000129. The maximum atomic E-state index is 5.92. The molecule has 140 heavy (non-hydrogen) atoms. The monoisotopic (exact) mass is 1890 g/mol. The number of epoxide rings is 1. The summed E-state index contributed by atoms with van der Waals surface area (Å²) in [6.07, 6.45) is 26.4. The summed E-state index contributed by atoms with van der Waals surface area (Å²) in [6, 6.07) is 53.3. The van der Waals surface area contributed by atoms with Gasteiger partial charge in [0.2, 0.25) is 0 Å². The van der Waals surface area contributed by atoms with Crippen LogP contribution in [-0.4, -0.2) is 235 Å². The van der Waals surface area contributed by atoms with Crippen molar-refractivity contribution in [2.45, 2.75) is 84.9 Å². The maximum absolute atomic E-state index is 5.92. The van der Waals surface area contributed by atoms with Crippen molar-refractivity contribution in [3.8, 4) is 85.3 Å². The molecular weight excluding hydrogens is 1770 g/mol. The minimum Gasteiger partial charge on any atom is -0.497 e. The number of piperidine rings is 1. The fraction of sp³-hybridized carbons (Fsp3) is 0.327. The van der Waals surface area contributed by atoms with E-state index in [1.165, 1.54) is 17.0 Å². The lowest BCUT2D eigenvalue weighted by Gasteiger charge is -2.38. The molecular formula is C107H121N23O10. The first kappa shape index (κ1) is 96.5. The zero-order valence-electron chi connectivity index (χ0n) is 82.4. The highest BCUT2D eigenvalue weighted by Crippen LogP contribution is 2.42. The number of fused-ring (bicyclic) bond motifs is 4. The first-order chi connectivity index (χ1) is 68.1. The number of aryl methyl sites for hydroxylation is 6. The van der Waals surface area contributed by atoms with Crippen LogP contribution in [0.1, 0.15) is 56.5 Å².